The van der Waals surface area contributed by atoms with Crippen LogP contribution in [0, 0.1) is 0 Å². The molecule has 49 nitrogen and oxygen atoms in total. The maximum absolute atomic E-state index is 14.4. The molecular formula is C94H149N15O34. The van der Waals surface area contributed by atoms with Crippen LogP contribution in [0.25, 0.3) is 0 Å². The van der Waals surface area contributed by atoms with E-state index in [9.17, 15) is 28.8 Å². The number of carbonyl (C=O) groups excluding carboxylic acids is 6. The van der Waals surface area contributed by atoms with Crippen LogP contribution in [-0.4, -0.2) is 405 Å². The topological polar surface area (TPSA) is 525 Å². The average Bonchev–Trinajstić information content (AvgIpc) is 1.57. The van der Waals surface area contributed by atoms with Gasteiger partial charge in [0.2, 0.25) is 29.5 Å². The highest BCUT2D eigenvalue weighted by atomic mass is 16.8. The number of rotatable bonds is 73. The number of hydrogen-bond donors (Lipinski definition) is 6. The van der Waals surface area contributed by atoms with Crippen LogP contribution in [0.3, 0.4) is 0 Å². The Bertz CT molecular complexity index is 4330. The molecule has 9 aliphatic rings. The van der Waals surface area contributed by atoms with Crippen molar-refractivity contribution in [2.24, 2.45) is 0 Å². The number of alkyl carbamates (subject to hydrolysis) is 1. The highest BCUT2D eigenvalue weighted by molar-refractivity contribution is 5.77. The number of hydrogen-bond acceptors (Lipinski definition) is 40. The average molecular weight is 2030 g/mol. The van der Waals surface area contributed by atoms with Gasteiger partial charge in [-0.1, -0.05) is 58.8 Å². The minimum absolute atomic E-state index is 0.00369. The van der Waals surface area contributed by atoms with Crippen molar-refractivity contribution >= 4 is 35.6 Å². The van der Waals surface area contributed by atoms with Crippen LogP contribution < -0.4 is 31.9 Å². The van der Waals surface area contributed by atoms with Gasteiger partial charge in [0.1, 0.15) is 101 Å². The highest BCUT2D eigenvalue weighted by Crippen LogP contribution is 2.50. The van der Waals surface area contributed by atoms with Crippen LogP contribution in [-0.2, 0) is 203 Å². The molecule has 804 valence electrons. The molecule has 3 unspecified atom stereocenters. The van der Waals surface area contributed by atoms with Crippen molar-refractivity contribution in [1.29, 1.82) is 0 Å². The molecule has 12 heterocycles. The molecule has 6 bridgehead atoms. The lowest BCUT2D eigenvalue weighted by Gasteiger charge is -2.42. The molecule has 0 aliphatic carbocycles. The third-order valence-electron chi connectivity index (χ3n) is 24.6. The second-order valence-electron chi connectivity index (χ2n) is 38.0. The zero-order chi connectivity index (χ0) is 101. The van der Waals surface area contributed by atoms with Gasteiger partial charge in [-0.2, -0.15) is 0 Å². The lowest BCUT2D eigenvalue weighted by Crippen LogP contribution is -2.65. The number of aromatic nitrogens is 9. The van der Waals surface area contributed by atoms with Gasteiger partial charge < -0.3 is 165 Å². The van der Waals surface area contributed by atoms with E-state index >= 15 is 0 Å². The summed E-state index contributed by atoms with van der Waals surface area (Å²) in [5.41, 5.74) is -1.47. The molecule has 0 spiro atoms. The first-order valence-electron chi connectivity index (χ1n) is 49.8. The van der Waals surface area contributed by atoms with E-state index in [1.807, 2.05) is 71.9 Å². The normalized spacial score (nSPS) is 26.4. The highest BCUT2D eigenvalue weighted by Gasteiger charge is 2.69. The summed E-state index contributed by atoms with van der Waals surface area (Å²) in [5, 5.41) is 43.8. The first kappa shape index (κ1) is 112. The van der Waals surface area contributed by atoms with Gasteiger partial charge in [0, 0.05) is 59.7 Å². The Morgan fingerprint density at radius 1 is 0.371 bits per heavy atom. The molecule has 16 atom stereocenters. The minimum Gasteiger partial charge on any atom is -0.445 e. The zero-order valence-electron chi connectivity index (χ0n) is 83.9. The predicted octanol–water partition coefficient (Wildman–Crippen LogP) is 1.47. The largest absolute Gasteiger partial charge is 0.445 e. The first-order valence-corrected chi connectivity index (χ1v) is 49.8. The first-order chi connectivity index (χ1) is 69.2. The quantitative estimate of drug-likeness (QED) is 0.0341. The van der Waals surface area contributed by atoms with Gasteiger partial charge in [-0.25, -0.2) is 18.8 Å². The number of ether oxygens (including phenoxy) is 28. The summed E-state index contributed by atoms with van der Waals surface area (Å²) in [5.74, 6) is -3.63. The maximum atomic E-state index is 14.4. The fourth-order valence-electron chi connectivity index (χ4n) is 18.1. The van der Waals surface area contributed by atoms with Crippen molar-refractivity contribution < 1.29 is 161 Å². The van der Waals surface area contributed by atoms with Crippen LogP contribution in [0.5, 0.6) is 0 Å². The maximum Gasteiger partial charge on any atom is 0.407 e. The number of amides is 6. The summed E-state index contributed by atoms with van der Waals surface area (Å²) < 4.78 is 174. The van der Waals surface area contributed by atoms with E-state index in [1.54, 1.807) is 32.6 Å². The molecule has 1 aromatic carbocycles. The van der Waals surface area contributed by atoms with E-state index < -0.39 is 119 Å². The van der Waals surface area contributed by atoms with Crippen molar-refractivity contribution in [2.45, 2.75) is 279 Å². The fourth-order valence-corrected chi connectivity index (χ4v) is 18.1. The third kappa shape index (κ3) is 35.4. The molecule has 49 heteroatoms. The van der Waals surface area contributed by atoms with Crippen LogP contribution in [0.2, 0.25) is 0 Å². The number of nitrogens with one attached hydrogen (secondary N) is 6. The van der Waals surface area contributed by atoms with E-state index in [1.165, 1.54) is 20.8 Å². The van der Waals surface area contributed by atoms with Crippen molar-refractivity contribution in [3.63, 3.8) is 0 Å². The number of unbranched alkanes of at least 4 members (excludes halogenated alkanes) is 4. The zero-order valence-corrected chi connectivity index (χ0v) is 83.9. The van der Waals surface area contributed by atoms with Gasteiger partial charge in [-0.15, -0.1) is 15.3 Å². The Kier molecular flexibility index (Phi) is 44.4. The lowest BCUT2D eigenvalue weighted by atomic mass is 9.85. The molecule has 6 N–H and O–H groups in total. The van der Waals surface area contributed by atoms with Crippen LogP contribution in [0.4, 0.5) is 4.79 Å². The molecule has 9 fully saturated rings. The second kappa shape index (κ2) is 56.5. The monoisotopic (exact) mass is 2030 g/mol. The molecule has 0 radical (unpaired) electrons. The summed E-state index contributed by atoms with van der Waals surface area (Å²) in [6.45, 7) is 25.6. The van der Waals surface area contributed by atoms with E-state index in [0.717, 1.165) is 12.0 Å². The van der Waals surface area contributed by atoms with Gasteiger partial charge in [0.05, 0.1) is 250 Å². The molecule has 9 aliphatic heterocycles. The molecule has 6 amide bonds. The Hall–Kier alpha value is -7.82. The number of carbonyl (C=O) groups is 6. The minimum atomic E-state index is -1.31. The van der Waals surface area contributed by atoms with Gasteiger partial charge in [-0.05, 0) is 72.8 Å². The Balaban J connectivity index is 0.539. The molecule has 0 saturated carbocycles. The fraction of sp³-hybridized carbons (Fsp3) is 0.809. The van der Waals surface area contributed by atoms with Gasteiger partial charge in [0.15, 0.2) is 36.2 Å². The Morgan fingerprint density at radius 3 is 1.09 bits per heavy atom. The molecule has 3 aromatic heterocycles. The smallest absolute Gasteiger partial charge is 0.407 e. The van der Waals surface area contributed by atoms with E-state index in [-0.39, 0.29) is 128 Å². The standard InChI is InChI=1S/C94H149N15O34/c1-66(110)97-75-78-81(138-88(4,5)135-78)92(63-132-84(75)141-92)23-29-116-33-37-120-41-42-121-38-34-117-30-26-107-51-70(101-104-107)55-128-58-91(100-74(114)22-16-12-17-24-95-73(113)21-15-11-18-25-96-87(115)131-54-69-19-13-10-14-20-69,59-129-56-71-52-108(105-102-71)27-31-118-35-39-122-43-45-124-47-49-126-61-93-64-133-85(142-93)76(98-67(2)111)79-82(93)139-89(6,7)136-79)60-130-57-72-53-109(106-103-72)28-32-119-36-40-123-44-46-125-48-50-127-62-94-65-134-86(143-94)77(99-68(3)112)80-83(94)140-90(8,9)137-80/h10,13-14,19-20,51-53,75-86H,11-12,15-18,21-50,54-65H2,1-9H3,(H,95,113)(H,96,115)(H,97,110)(H,98,111)(H,99,112)(H,100,114)/t75-,76-,77-,78-,79-,80-,81-,82-,83-,84?,85+,86?,91?,92+,93+,94+/m1/s1. The summed E-state index contributed by atoms with van der Waals surface area (Å²) in [7, 11) is 0. The van der Waals surface area contributed by atoms with Crippen LogP contribution in [0.15, 0.2) is 48.9 Å². The molecule has 13 rings (SSSR count). The van der Waals surface area contributed by atoms with Crippen LogP contribution in [0.1, 0.15) is 143 Å². The third-order valence-corrected chi connectivity index (χ3v) is 24.6. The van der Waals surface area contributed by atoms with E-state index in [4.69, 9.17) is 133 Å². The summed E-state index contributed by atoms with van der Waals surface area (Å²) in [6, 6.07) is 7.89. The van der Waals surface area contributed by atoms with E-state index in [2.05, 4.69) is 62.8 Å². The number of nitrogens with zero attached hydrogens (tertiary/aromatic N) is 9. The predicted molar refractivity (Wildman–Crippen MR) is 494 cm³/mol. The van der Waals surface area contributed by atoms with Crippen molar-refractivity contribution in [1.82, 2.24) is 76.9 Å². The summed E-state index contributed by atoms with van der Waals surface area (Å²) >= 11 is 0. The SMILES string of the molecule is CC(=O)N[C@H]1[C@H]2OC[C@](COCCOCCOCCOCCn3cc(COCC(COCc4cn(CCOCCOCCOCCOCC[C@@]56COC(O5)[C@H](NC(C)=O)[C@H]5OC(C)(C)O[C@H]56)nn4)(COCc4cn(CCOCCOCCOCCOC[C@@]56COC(O5)[C@H](NC(C)=O)[C@H]5OC(C)(C)O[C@H]56)nn4)NC(=O)CCCCCNC(=O)CCCCCNC(=O)OCc4ccccc4)nn3)(O2)[C@@H]2OC(C)(C)O[C@H]12. The van der Waals surface area contributed by atoms with E-state index in [0.29, 0.717) is 227 Å². The van der Waals surface area contributed by atoms with Gasteiger partial charge in [-0.3, -0.25) is 24.0 Å². The molecule has 9 saturated heterocycles. The number of benzene rings is 1. The molecule has 143 heavy (non-hydrogen) atoms. The Morgan fingerprint density at radius 2 is 0.706 bits per heavy atom. The lowest BCUT2D eigenvalue weighted by molar-refractivity contribution is -0.214. The molecular weight excluding hydrogens is 1880 g/mol. The van der Waals surface area contributed by atoms with Gasteiger partial charge >= 0.3 is 6.09 Å². The van der Waals surface area contributed by atoms with Crippen molar-refractivity contribution in [2.75, 3.05) is 211 Å². The Labute approximate surface area is 832 Å². The van der Waals surface area contributed by atoms with Gasteiger partial charge in [0.25, 0.3) is 0 Å². The summed E-state index contributed by atoms with van der Waals surface area (Å²) in [6.07, 6.45) is 4.71. The van der Waals surface area contributed by atoms with Crippen LogP contribution >= 0.6 is 0 Å². The molecule has 4 aromatic rings. The number of fused-ring (bicyclic) bond motifs is 12. The summed E-state index contributed by atoms with van der Waals surface area (Å²) in [4.78, 5) is 75.5. The van der Waals surface area contributed by atoms with Crippen molar-refractivity contribution in [3.8, 4) is 0 Å². The second-order valence-corrected chi connectivity index (χ2v) is 38.0. The van der Waals surface area contributed by atoms with Crippen molar-refractivity contribution in [3.05, 3.63) is 71.6 Å².